The number of anilines is 1. The van der Waals surface area contributed by atoms with Crippen LogP contribution in [-0.4, -0.2) is 85.4 Å². The lowest BCUT2D eigenvalue weighted by molar-refractivity contribution is 0.0461. The van der Waals surface area contributed by atoms with E-state index in [0.717, 1.165) is 71.1 Å². The van der Waals surface area contributed by atoms with Crippen LogP contribution in [0.3, 0.4) is 0 Å². The number of amides is 2. The van der Waals surface area contributed by atoms with E-state index in [9.17, 15) is 4.79 Å². The highest BCUT2D eigenvalue weighted by Crippen LogP contribution is 2.20. The average molecular weight is 345 g/mol. The Bertz CT molecular complexity index is 564. The van der Waals surface area contributed by atoms with Crippen molar-refractivity contribution in [1.82, 2.24) is 20.1 Å². The van der Waals surface area contributed by atoms with Gasteiger partial charge in [-0.1, -0.05) is 6.07 Å². The summed E-state index contributed by atoms with van der Waals surface area (Å²) in [5, 5.41) is 3.14. The van der Waals surface area contributed by atoms with E-state index in [-0.39, 0.29) is 12.1 Å². The number of piperazine rings is 1. The molecule has 0 bridgehead atoms. The van der Waals surface area contributed by atoms with E-state index < -0.39 is 0 Å². The Morgan fingerprint density at radius 3 is 2.56 bits per heavy atom. The lowest BCUT2D eigenvalue weighted by Gasteiger charge is -2.48. The molecule has 3 aliphatic rings. The third-order valence-electron chi connectivity index (χ3n) is 5.50. The molecule has 136 valence electrons. The van der Waals surface area contributed by atoms with Gasteiger partial charge in [-0.25, -0.2) is 9.78 Å². The second kappa shape index (κ2) is 7.58. The molecule has 0 spiro atoms. The molecule has 3 aliphatic heterocycles. The number of rotatable bonds is 3. The summed E-state index contributed by atoms with van der Waals surface area (Å²) < 4.78 is 5.34. The van der Waals surface area contributed by atoms with Gasteiger partial charge in [0.1, 0.15) is 5.82 Å². The van der Waals surface area contributed by atoms with Crippen LogP contribution < -0.4 is 10.2 Å². The standard InChI is InChI=1S/C18H27N5O2/c24-18(20-15-4-11-25-12-5-15)23-13-16(14-23)21-7-9-22(10-8-21)17-3-1-2-6-19-17/h1-3,6,15-16H,4-5,7-14H2,(H,20,24). The zero-order chi connectivity index (χ0) is 17.1. The maximum absolute atomic E-state index is 12.3. The lowest BCUT2D eigenvalue weighted by atomic mass is 10.1. The lowest BCUT2D eigenvalue weighted by Crippen LogP contribution is -2.66. The molecule has 1 aromatic heterocycles. The zero-order valence-electron chi connectivity index (χ0n) is 14.6. The quantitative estimate of drug-likeness (QED) is 0.877. The van der Waals surface area contributed by atoms with Crippen molar-refractivity contribution in [3.63, 3.8) is 0 Å². The molecular formula is C18H27N5O2. The molecule has 3 saturated heterocycles. The summed E-state index contributed by atoms with van der Waals surface area (Å²) in [5.41, 5.74) is 0. The first-order valence-electron chi connectivity index (χ1n) is 9.33. The number of pyridine rings is 1. The molecule has 0 radical (unpaired) electrons. The van der Waals surface area contributed by atoms with Crippen molar-refractivity contribution in [2.24, 2.45) is 0 Å². The van der Waals surface area contributed by atoms with E-state index in [4.69, 9.17) is 4.74 Å². The molecule has 7 heteroatoms. The average Bonchev–Trinajstić information content (AvgIpc) is 2.63. The first kappa shape index (κ1) is 16.6. The van der Waals surface area contributed by atoms with Crippen LogP contribution in [-0.2, 0) is 4.74 Å². The van der Waals surface area contributed by atoms with Crippen LogP contribution in [0.5, 0.6) is 0 Å². The number of nitrogens with one attached hydrogen (secondary N) is 1. The van der Waals surface area contributed by atoms with Crippen molar-refractivity contribution < 1.29 is 9.53 Å². The zero-order valence-corrected chi connectivity index (χ0v) is 14.6. The van der Waals surface area contributed by atoms with Gasteiger partial charge in [-0.3, -0.25) is 4.90 Å². The van der Waals surface area contributed by atoms with Gasteiger partial charge in [0.05, 0.1) is 0 Å². The fourth-order valence-electron chi connectivity index (χ4n) is 3.82. The SMILES string of the molecule is O=C(NC1CCOCC1)N1CC(N2CCN(c3ccccn3)CC2)C1. The molecule has 25 heavy (non-hydrogen) atoms. The third kappa shape index (κ3) is 3.88. The monoisotopic (exact) mass is 345 g/mol. The van der Waals surface area contributed by atoms with E-state index in [0.29, 0.717) is 6.04 Å². The molecule has 0 aliphatic carbocycles. The van der Waals surface area contributed by atoms with Crippen molar-refractivity contribution in [3.05, 3.63) is 24.4 Å². The summed E-state index contributed by atoms with van der Waals surface area (Å²) >= 11 is 0. The highest BCUT2D eigenvalue weighted by molar-refractivity contribution is 5.75. The van der Waals surface area contributed by atoms with Gasteiger partial charge in [-0.2, -0.15) is 0 Å². The van der Waals surface area contributed by atoms with Crippen LogP contribution >= 0.6 is 0 Å². The Morgan fingerprint density at radius 2 is 1.88 bits per heavy atom. The summed E-state index contributed by atoms with van der Waals surface area (Å²) in [5.74, 6) is 1.06. The molecular weight excluding hydrogens is 318 g/mol. The summed E-state index contributed by atoms with van der Waals surface area (Å²) in [6.07, 6.45) is 3.71. The van der Waals surface area contributed by atoms with Crippen LogP contribution in [0, 0.1) is 0 Å². The van der Waals surface area contributed by atoms with Crippen molar-refractivity contribution in [2.45, 2.75) is 24.9 Å². The molecule has 0 aromatic carbocycles. The minimum absolute atomic E-state index is 0.0928. The Kier molecular flexibility index (Phi) is 5.03. The summed E-state index contributed by atoms with van der Waals surface area (Å²) in [4.78, 5) is 23.5. The van der Waals surface area contributed by atoms with Gasteiger partial charge in [0, 0.05) is 70.8 Å². The first-order valence-corrected chi connectivity index (χ1v) is 9.33. The van der Waals surface area contributed by atoms with Crippen LogP contribution in [0.2, 0.25) is 0 Å². The number of nitrogens with zero attached hydrogens (tertiary/aromatic N) is 4. The Labute approximate surface area is 148 Å². The molecule has 0 atom stereocenters. The van der Waals surface area contributed by atoms with E-state index in [1.54, 1.807) is 0 Å². The van der Waals surface area contributed by atoms with Crippen LogP contribution in [0.4, 0.5) is 10.6 Å². The van der Waals surface area contributed by atoms with E-state index in [1.807, 2.05) is 23.2 Å². The predicted octanol–water partition coefficient (Wildman–Crippen LogP) is 0.776. The van der Waals surface area contributed by atoms with Crippen molar-refractivity contribution in [1.29, 1.82) is 0 Å². The number of carbonyl (C=O) groups excluding carboxylic acids is 1. The molecule has 0 unspecified atom stereocenters. The molecule has 0 saturated carbocycles. The van der Waals surface area contributed by atoms with Crippen molar-refractivity contribution >= 4 is 11.8 Å². The fourth-order valence-corrected chi connectivity index (χ4v) is 3.82. The number of aromatic nitrogens is 1. The van der Waals surface area contributed by atoms with Crippen LogP contribution in [0.25, 0.3) is 0 Å². The second-order valence-corrected chi connectivity index (χ2v) is 7.11. The van der Waals surface area contributed by atoms with E-state index >= 15 is 0 Å². The number of hydrogen-bond acceptors (Lipinski definition) is 5. The van der Waals surface area contributed by atoms with Gasteiger partial charge in [0.2, 0.25) is 0 Å². The summed E-state index contributed by atoms with van der Waals surface area (Å²) in [6, 6.07) is 6.94. The van der Waals surface area contributed by atoms with Gasteiger partial charge >= 0.3 is 6.03 Å². The van der Waals surface area contributed by atoms with Gasteiger partial charge in [-0.15, -0.1) is 0 Å². The topological polar surface area (TPSA) is 60.9 Å². The highest BCUT2D eigenvalue weighted by atomic mass is 16.5. The maximum Gasteiger partial charge on any atom is 0.317 e. The van der Waals surface area contributed by atoms with Gasteiger partial charge in [0.15, 0.2) is 0 Å². The number of ether oxygens (including phenoxy) is 1. The minimum Gasteiger partial charge on any atom is -0.381 e. The van der Waals surface area contributed by atoms with Gasteiger partial charge in [0.25, 0.3) is 0 Å². The number of urea groups is 1. The molecule has 2 amide bonds. The fraction of sp³-hybridized carbons (Fsp3) is 0.667. The Balaban J connectivity index is 1.19. The molecule has 1 N–H and O–H groups in total. The van der Waals surface area contributed by atoms with E-state index in [2.05, 4.69) is 26.2 Å². The smallest absolute Gasteiger partial charge is 0.317 e. The molecule has 1 aromatic rings. The highest BCUT2D eigenvalue weighted by Gasteiger charge is 2.36. The minimum atomic E-state index is 0.0928. The second-order valence-electron chi connectivity index (χ2n) is 7.11. The predicted molar refractivity (Wildman–Crippen MR) is 95.8 cm³/mol. The van der Waals surface area contributed by atoms with Crippen molar-refractivity contribution in [2.75, 3.05) is 57.4 Å². The molecule has 4 heterocycles. The Hall–Kier alpha value is -1.86. The number of carbonyl (C=O) groups is 1. The Morgan fingerprint density at radius 1 is 1.12 bits per heavy atom. The van der Waals surface area contributed by atoms with Gasteiger partial charge < -0.3 is 19.9 Å². The number of likely N-dealkylation sites (tertiary alicyclic amines) is 1. The van der Waals surface area contributed by atoms with Gasteiger partial charge in [-0.05, 0) is 25.0 Å². The molecule has 3 fully saturated rings. The largest absolute Gasteiger partial charge is 0.381 e. The van der Waals surface area contributed by atoms with E-state index in [1.165, 1.54) is 0 Å². The summed E-state index contributed by atoms with van der Waals surface area (Å²) in [6.45, 7) is 7.29. The third-order valence-corrected chi connectivity index (χ3v) is 5.50. The maximum atomic E-state index is 12.3. The number of hydrogen-bond donors (Lipinski definition) is 1. The molecule has 4 rings (SSSR count). The normalized spacial score (nSPS) is 23.4. The van der Waals surface area contributed by atoms with Crippen molar-refractivity contribution in [3.8, 4) is 0 Å². The molecule has 7 nitrogen and oxygen atoms in total. The van der Waals surface area contributed by atoms with Crippen LogP contribution in [0.1, 0.15) is 12.8 Å². The summed E-state index contributed by atoms with van der Waals surface area (Å²) in [7, 11) is 0. The first-order chi connectivity index (χ1) is 12.3. The van der Waals surface area contributed by atoms with Crippen LogP contribution in [0.15, 0.2) is 24.4 Å².